The number of hydrogen-bond acceptors (Lipinski definition) is 4. The lowest BCUT2D eigenvalue weighted by Crippen LogP contribution is -2.54. The van der Waals surface area contributed by atoms with Crippen molar-refractivity contribution in [1.29, 1.82) is 0 Å². The van der Waals surface area contributed by atoms with Crippen LogP contribution in [0.2, 0.25) is 0 Å². The number of rotatable bonds is 8. The van der Waals surface area contributed by atoms with Gasteiger partial charge in [0.15, 0.2) is 0 Å². The molecule has 0 spiro atoms. The summed E-state index contributed by atoms with van der Waals surface area (Å²) < 4.78 is 0. The summed E-state index contributed by atoms with van der Waals surface area (Å²) in [5, 5.41) is 14.2. The Morgan fingerprint density at radius 1 is 1.25 bits per heavy atom. The molecule has 2 unspecified atom stereocenters. The number of carboxylic acids is 1. The predicted molar refractivity (Wildman–Crippen MR) is 95.2 cm³/mol. The zero-order valence-electron chi connectivity index (χ0n) is 14.4. The maximum Gasteiger partial charge on any atom is 0.329 e. The molecular formula is C17H24N2O4S. The first-order valence-electron chi connectivity index (χ1n) is 7.77. The fraction of sp³-hybridized carbons (Fsp3) is 0.471. The molecule has 7 heteroatoms. The first-order chi connectivity index (χ1) is 11.2. The Balaban J connectivity index is 2.69. The summed E-state index contributed by atoms with van der Waals surface area (Å²) in [4.78, 5) is 35.5. The second kappa shape index (κ2) is 8.73. The van der Waals surface area contributed by atoms with Crippen LogP contribution in [0.1, 0.15) is 40.5 Å². The second-order valence-electron chi connectivity index (χ2n) is 5.84. The van der Waals surface area contributed by atoms with Crippen molar-refractivity contribution in [3.63, 3.8) is 0 Å². The summed E-state index contributed by atoms with van der Waals surface area (Å²) in [6.07, 6.45) is 1.03. The van der Waals surface area contributed by atoms with E-state index in [1.54, 1.807) is 19.1 Å². The summed E-state index contributed by atoms with van der Waals surface area (Å²) in [7, 11) is 0. The summed E-state index contributed by atoms with van der Waals surface area (Å²) >= 11 is 1.33. The van der Waals surface area contributed by atoms with Crippen LogP contribution in [0.3, 0.4) is 0 Å². The van der Waals surface area contributed by atoms with Crippen molar-refractivity contribution in [3.05, 3.63) is 24.3 Å². The van der Waals surface area contributed by atoms with Gasteiger partial charge in [0.1, 0.15) is 5.54 Å². The van der Waals surface area contributed by atoms with Gasteiger partial charge in [0, 0.05) is 17.5 Å². The molecule has 0 saturated heterocycles. The van der Waals surface area contributed by atoms with Gasteiger partial charge in [0.25, 0.3) is 0 Å². The molecule has 1 aromatic carbocycles. The van der Waals surface area contributed by atoms with Gasteiger partial charge in [-0.2, -0.15) is 0 Å². The average molecular weight is 352 g/mol. The largest absolute Gasteiger partial charge is 0.480 e. The zero-order chi connectivity index (χ0) is 18.3. The number of carbonyl (C=O) groups is 3. The molecule has 1 aromatic rings. The van der Waals surface area contributed by atoms with Crippen LogP contribution in [0.4, 0.5) is 5.69 Å². The first kappa shape index (κ1) is 20.0. The third kappa shape index (κ3) is 5.88. The Morgan fingerprint density at radius 2 is 1.83 bits per heavy atom. The number of anilines is 1. The van der Waals surface area contributed by atoms with E-state index in [1.165, 1.54) is 25.6 Å². The highest BCUT2D eigenvalue weighted by Crippen LogP contribution is 2.25. The van der Waals surface area contributed by atoms with Crippen LogP contribution < -0.4 is 10.6 Å². The molecule has 0 fully saturated rings. The van der Waals surface area contributed by atoms with Crippen molar-refractivity contribution >= 4 is 35.2 Å². The molecule has 0 bridgehead atoms. The Bertz CT molecular complexity index is 603. The number of thioether (sulfide) groups is 1. The number of carboxylic acid groups (broad SMARTS) is 1. The van der Waals surface area contributed by atoms with Crippen molar-refractivity contribution in [2.75, 3.05) is 5.32 Å². The van der Waals surface area contributed by atoms with Crippen molar-refractivity contribution in [3.8, 4) is 0 Å². The molecule has 0 aliphatic heterocycles. The SMILES string of the molecule is CCCC(C)(NC(=O)C(C)Sc1ccc(NC(C)=O)cc1)C(=O)O. The molecular weight excluding hydrogens is 328 g/mol. The molecule has 2 amide bonds. The van der Waals surface area contributed by atoms with Gasteiger partial charge in [-0.3, -0.25) is 9.59 Å². The summed E-state index contributed by atoms with van der Waals surface area (Å²) in [5.74, 6) is -1.49. The van der Waals surface area contributed by atoms with Gasteiger partial charge in [-0.05, 0) is 44.5 Å². The topological polar surface area (TPSA) is 95.5 Å². The van der Waals surface area contributed by atoms with Gasteiger partial charge in [-0.15, -0.1) is 11.8 Å². The van der Waals surface area contributed by atoms with Gasteiger partial charge in [0.05, 0.1) is 5.25 Å². The van der Waals surface area contributed by atoms with E-state index in [9.17, 15) is 19.5 Å². The van der Waals surface area contributed by atoms with E-state index in [1.807, 2.05) is 19.1 Å². The third-order valence-corrected chi connectivity index (χ3v) is 4.59. The molecule has 24 heavy (non-hydrogen) atoms. The zero-order valence-corrected chi connectivity index (χ0v) is 15.2. The minimum Gasteiger partial charge on any atom is -0.480 e. The van der Waals surface area contributed by atoms with Crippen LogP contribution in [0, 0.1) is 0 Å². The van der Waals surface area contributed by atoms with E-state index in [-0.39, 0.29) is 11.8 Å². The van der Waals surface area contributed by atoms with Crippen molar-refractivity contribution in [1.82, 2.24) is 5.32 Å². The van der Waals surface area contributed by atoms with E-state index < -0.39 is 16.8 Å². The van der Waals surface area contributed by atoms with Crippen molar-refractivity contribution in [2.45, 2.75) is 56.2 Å². The van der Waals surface area contributed by atoms with Gasteiger partial charge in [-0.25, -0.2) is 4.79 Å². The highest BCUT2D eigenvalue weighted by atomic mass is 32.2. The molecule has 0 aliphatic rings. The van der Waals surface area contributed by atoms with Crippen LogP contribution >= 0.6 is 11.8 Å². The van der Waals surface area contributed by atoms with E-state index in [0.29, 0.717) is 18.5 Å². The standard InChI is InChI=1S/C17H24N2O4S/c1-5-10-17(4,16(22)23)19-15(21)11(2)24-14-8-6-13(7-9-14)18-12(3)20/h6-9,11H,5,10H2,1-4H3,(H,18,20)(H,19,21)(H,22,23). The summed E-state index contributed by atoms with van der Waals surface area (Å²) in [6, 6.07) is 7.13. The summed E-state index contributed by atoms with van der Waals surface area (Å²) in [6.45, 7) is 6.57. The molecule has 6 nitrogen and oxygen atoms in total. The van der Waals surface area contributed by atoms with Crippen molar-refractivity contribution in [2.24, 2.45) is 0 Å². The maximum atomic E-state index is 12.3. The monoisotopic (exact) mass is 352 g/mol. The van der Waals surface area contributed by atoms with Crippen LogP contribution in [-0.2, 0) is 14.4 Å². The van der Waals surface area contributed by atoms with Gasteiger partial charge in [0.2, 0.25) is 11.8 Å². The Labute approximate surface area is 146 Å². The molecule has 0 radical (unpaired) electrons. The number of nitrogens with one attached hydrogen (secondary N) is 2. The summed E-state index contributed by atoms with van der Waals surface area (Å²) in [5.41, 5.74) is -0.569. The van der Waals surface area contributed by atoms with Crippen LogP contribution in [0.15, 0.2) is 29.2 Å². The fourth-order valence-electron chi connectivity index (χ4n) is 2.17. The lowest BCUT2D eigenvalue weighted by molar-refractivity contribution is -0.147. The second-order valence-corrected chi connectivity index (χ2v) is 7.26. The van der Waals surface area contributed by atoms with E-state index >= 15 is 0 Å². The number of carbonyl (C=O) groups excluding carboxylic acids is 2. The van der Waals surface area contributed by atoms with Crippen LogP contribution in [0.5, 0.6) is 0 Å². The third-order valence-electron chi connectivity index (χ3n) is 3.48. The Morgan fingerprint density at radius 3 is 2.29 bits per heavy atom. The minimum atomic E-state index is -1.25. The van der Waals surface area contributed by atoms with E-state index in [2.05, 4.69) is 10.6 Å². The number of aliphatic carboxylic acids is 1. The Hall–Kier alpha value is -2.02. The maximum absolute atomic E-state index is 12.3. The van der Waals surface area contributed by atoms with Crippen molar-refractivity contribution < 1.29 is 19.5 Å². The molecule has 2 atom stereocenters. The van der Waals surface area contributed by atoms with Gasteiger partial charge >= 0.3 is 5.97 Å². The lowest BCUT2D eigenvalue weighted by Gasteiger charge is -2.27. The quantitative estimate of drug-likeness (QED) is 0.625. The average Bonchev–Trinajstić information content (AvgIpc) is 2.48. The van der Waals surface area contributed by atoms with Gasteiger partial charge < -0.3 is 15.7 Å². The predicted octanol–water partition coefficient (Wildman–Crippen LogP) is 2.89. The van der Waals surface area contributed by atoms with E-state index in [4.69, 9.17) is 0 Å². The first-order valence-corrected chi connectivity index (χ1v) is 8.65. The number of benzene rings is 1. The van der Waals surface area contributed by atoms with Crippen LogP contribution in [-0.4, -0.2) is 33.7 Å². The molecule has 0 heterocycles. The number of hydrogen-bond donors (Lipinski definition) is 3. The smallest absolute Gasteiger partial charge is 0.329 e. The lowest BCUT2D eigenvalue weighted by atomic mass is 9.96. The minimum absolute atomic E-state index is 0.146. The Kier molecular flexibility index (Phi) is 7.28. The molecule has 0 aromatic heterocycles. The van der Waals surface area contributed by atoms with E-state index in [0.717, 1.165) is 4.90 Å². The molecule has 132 valence electrons. The highest BCUT2D eigenvalue weighted by molar-refractivity contribution is 8.00. The normalized spacial score (nSPS) is 14.3. The number of amides is 2. The van der Waals surface area contributed by atoms with Gasteiger partial charge in [-0.1, -0.05) is 13.3 Å². The molecule has 1 rings (SSSR count). The molecule has 0 aliphatic carbocycles. The van der Waals surface area contributed by atoms with Crippen LogP contribution in [0.25, 0.3) is 0 Å². The fourth-order valence-corrected chi connectivity index (χ4v) is 3.04. The molecule has 3 N–H and O–H groups in total. The molecule has 0 saturated carbocycles. The highest BCUT2D eigenvalue weighted by Gasteiger charge is 2.35.